The fourth-order valence-electron chi connectivity index (χ4n) is 1.03. The number of halogens is 1. The predicted octanol–water partition coefficient (Wildman–Crippen LogP) is 1.74. The van der Waals surface area contributed by atoms with Crippen LogP contribution in [0.15, 0.2) is 20.1 Å². The van der Waals surface area contributed by atoms with Crippen molar-refractivity contribution in [2.24, 2.45) is 0 Å². The van der Waals surface area contributed by atoms with Gasteiger partial charge in [-0.05, 0) is 34.3 Å². The average Bonchev–Trinajstić information content (AvgIpc) is 2.74. The highest BCUT2D eigenvalue weighted by Crippen LogP contribution is 2.28. The van der Waals surface area contributed by atoms with Crippen molar-refractivity contribution in [3.05, 3.63) is 21.7 Å². The first-order valence-corrected chi connectivity index (χ1v) is 7.29. The molecule has 2 heterocycles. The minimum absolute atomic E-state index is 0.0396. The van der Waals surface area contributed by atoms with E-state index in [9.17, 15) is 8.42 Å². The Kier molecular flexibility index (Phi) is 3.00. The minimum atomic E-state index is -3.61. The van der Waals surface area contributed by atoms with E-state index in [1.807, 2.05) is 0 Å². The van der Waals surface area contributed by atoms with Gasteiger partial charge in [-0.2, -0.15) is 4.98 Å². The van der Waals surface area contributed by atoms with Crippen LogP contribution < -0.4 is 4.72 Å². The van der Waals surface area contributed by atoms with E-state index in [0.717, 1.165) is 11.3 Å². The van der Waals surface area contributed by atoms with Crippen LogP contribution in [0.2, 0.25) is 0 Å². The molecule has 0 atom stereocenters. The zero-order valence-electron chi connectivity index (χ0n) is 8.06. The van der Waals surface area contributed by atoms with Crippen molar-refractivity contribution >= 4 is 43.2 Å². The number of anilines is 1. The molecule has 0 bridgehead atoms. The molecular formula is C7H7BrN4O2S2. The maximum atomic E-state index is 11.9. The molecule has 0 spiro atoms. The number of aryl methyl sites for hydroxylation is 1. The summed E-state index contributed by atoms with van der Waals surface area (Å²) < 4.78 is 26.7. The Labute approximate surface area is 104 Å². The van der Waals surface area contributed by atoms with Crippen LogP contribution in [0.5, 0.6) is 0 Å². The fraction of sp³-hybridized carbons (Fsp3) is 0.143. The highest BCUT2D eigenvalue weighted by atomic mass is 79.9. The quantitative estimate of drug-likeness (QED) is 0.900. The molecule has 2 aromatic rings. The summed E-state index contributed by atoms with van der Waals surface area (Å²) in [6.07, 6.45) is 0. The van der Waals surface area contributed by atoms with Crippen molar-refractivity contribution in [1.29, 1.82) is 0 Å². The SMILES string of the molecule is Cc1nc(NS(=O)(=O)c2sccc2Br)n[nH]1. The monoisotopic (exact) mass is 322 g/mol. The Morgan fingerprint density at radius 1 is 1.56 bits per heavy atom. The van der Waals surface area contributed by atoms with Crippen molar-refractivity contribution in [1.82, 2.24) is 15.2 Å². The number of aromatic amines is 1. The van der Waals surface area contributed by atoms with E-state index >= 15 is 0 Å². The summed E-state index contributed by atoms with van der Waals surface area (Å²) in [4.78, 5) is 3.87. The first-order valence-electron chi connectivity index (χ1n) is 4.14. The first kappa shape index (κ1) is 11.6. The molecule has 0 fully saturated rings. The molecule has 0 aliphatic heterocycles. The zero-order chi connectivity index (χ0) is 11.8. The normalized spacial score (nSPS) is 11.6. The molecule has 0 amide bonds. The maximum absolute atomic E-state index is 11.9. The van der Waals surface area contributed by atoms with Gasteiger partial charge in [0.15, 0.2) is 4.21 Å². The number of thiophene rings is 1. The summed E-state index contributed by atoms with van der Waals surface area (Å²) >= 11 is 4.28. The number of rotatable bonds is 3. The van der Waals surface area contributed by atoms with E-state index in [4.69, 9.17) is 0 Å². The third-order valence-corrected chi connectivity index (χ3v) is 5.65. The molecule has 2 rings (SSSR count). The highest BCUT2D eigenvalue weighted by molar-refractivity contribution is 9.10. The molecule has 0 aliphatic carbocycles. The molecule has 0 saturated heterocycles. The summed E-state index contributed by atoms with van der Waals surface area (Å²) in [5, 5.41) is 7.94. The average molecular weight is 323 g/mol. The number of hydrogen-bond acceptors (Lipinski definition) is 5. The van der Waals surface area contributed by atoms with Gasteiger partial charge in [0.1, 0.15) is 5.82 Å². The molecule has 9 heteroatoms. The largest absolute Gasteiger partial charge is 0.274 e. The Balaban J connectivity index is 2.31. The van der Waals surface area contributed by atoms with Gasteiger partial charge < -0.3 is 0 Å². The van der Waals surface area contributed by atoms with Crippen molar-refractivity contribution in [2.75, 3.05) is 4.72 Å². The Morgan fingerprint density at radius 2 is 2.31 bits per heavy atom. The van der Waals surface area contributed by atoms with Gasteiger partial charge in [0.05, 0.1) is 0 Å². The van der Waals surface area contributed by atoms with Crippen molar-refractivity contribution in [2.45, 2.75) is 11.1 Å². The molecular weight excluding hydrogens is 316 g/mol. The van der Waals surface area contributed by atoms with Gasteiger partial charge in [0.25, 0.3) is 16.0 Å². The van der Waals surface area contributed by atoms with E-state index < -0.39 is 10.0 Å². The van der Waals surface area contributed by atoms with Crippen LogP contribution in [0.3, 0.4) is 0 Å². The lowest BCUT2D eigenvalue weighted by Gasteiger charge is -2.01. The van der Waals surface area contributed by atoms with Crippen LogP contribution in [0.25, 0.3) is 0 Å². The van der Waals surface area contributed by atoms with Crippen LogP contribution in [0, 0.1) is 6.92 Å². The standard InChI is InChI=1S/C7H7BrN4O2S2/c1-4-9-7(11-10-4)12-16(13,14)6-5(8)2-3-15-6/h2-3H,1H3,(H2,9,10,11,12). The first-order chi connectivity index (χ1) is 7.49. The maximum Gasteiger partial charge on any atom is 0.274 e. The minimum Gasteiger partial charge on any atom is -0.261 e. The Morgan fingerprint density at radius 3 is 2.81 bits per heavy atom. The van der Waals surface area contributed by atoms with Crippen LogP contribution >= 0.6 is 27.3 Å². The van der Waals surface area contributed by atoms with Gasteiger partial charge in [-0.3, -0.25) is 5.10 Å². The van der Waals surface area contributed by atoms with Gasteiger partial charge in [0.2, 0.25) is 0 Å². The summed E-state index contributed by atoms with van der Waals surface area (Å²) in [6, 6.07) is 1.67. The molecule has 0 saturated carbocycles. The van der Waals surface area contributed by atoms with Gasteiger partial charge in [-0.15, -0.1) is 16.4 Å². The van der Waals surface area contributed by atoms with Crippen molar-refractivity contribution < 1.29 is 8.42 Å². The number of hydrogen-bond donors (Lipinski definition) is 2. The lowest BCUT2D eigenvalue weighted by Crippen LogP contribution is -2.13. The van der Waals surface area contributed by atoms with Crippen LogP contribution in [-0.2, 0) is 10.0 Å². The smallest absolute Gasteiger partial charge is 0.261 e. The molecule has 2 N–H and O–H groups in total. The Hall–Kier alpha value is -0.930. The molecule has 2 aromatic heterocycles. The van der Waals surface area contributed by atoms with Crippen molar-refractivity contribution in [3.8, 4) is 0 Å². The number of aromatic nitrogens is 3. The predicted molar refractivity (Wildman–Crippen MR) is 63.9 cm³/mol. The van der Waals surface area contributed by atoms with Crippen LogP contribution in [-0.4, -0.2) is 23.6 Å². The van der Waals surface area contributed by atoms with Gasteiger partial charge in [-0.1, -0.05) is 0 Å². The molecule has 86 valence electrons. The number of sulfonamides is 1. The lowest BCUT2D eigenvalue weighted by atomic mass is 10.7. The second kappa shape index (κ2) is 4.15. The lowest BCUT2D eigenvalue weighted by molar-refractivity contribution is 0.602. The summed E-state index contributed by atoms with van der Waals surface area (Å²) in [7, 11) is -3.61. The van der Waals surface area contributed by atoms with Crippen LogP contribution in [0.4, 0.5) is 5.95 Å². The summed E-state index contributed by atoms with van der Waals surface area (Å²) in [5.74, 6) is 0.584. The fourth-order valence-corrected chi connectivity index (χ4v) is 4.31. The van der Waals surface area contributed by atoms with Gasteiger partial charge >= 0.3 is 0 Å². The molecule has 0 aliphatic rings. The number of nitrogens with one attached hydrogen (secondary N) is 2. The molecule has 0 aromatic carbocycles. The highest BCUT2D eigenvalue weighted by Gasteiger charge is 2.20. The van der Waals surface area contributed by atoms with E-state index in [1.54, 1.807) is 18.4 Å². The Bertz CT molecular complexity index is 603. The molecule has 6 nitrogen and oxygen atoms in total. The summed E-state index contributed by atoms with van der Waals surface area (Å²) in [6.45, 7) is 1.69. The third-order valence-electron chi connectivity index (χ3n) is 1.65. The van der Waals surface area contributed by atoms with Crippen molar-refractivity contribution in [3.63, 3.8) is 0 Å². The molecule has 16 heavy (non-hydrogen) atoms. The summed E-state index contributed by atoms with van der Waals surface area (Å²) in [5.41, 5.74) is 0. The van der Waals surface area contributed by atoms with E-state index in [-0.39, 0.29) is 10.2 Å². The van der Waals surface area contributed by atoms with E-state index in [1.165, 1.54) is 0 Å². The third kappa shape index (κ3) is 2.25. The second-order valence-electron chi connectivity index (χ2n) is 2.91. The topological polar surface area (TPSA) is 87.7 Å². The zero-order valence-corrected chi connectivity index (χ0v) is 11.3. The van der Waals surface area contributed by atoms with Crippen LogP contribution in [0.1, 0.15) is 5.82 Å². The number of H-pyrrole nitrogens is 1. The van der Waals surface area contributed by atoms with Gasteiger partial charge in [-0.25, -0.2) is 13.1 Å². The number of nitrogens with zero attached hydrogens (tertiary/aromatic N) is 2. The van der Waals surface area contributed by atoms with E-state index in [0.29, 0.717) is 10.3 Å². The molecule has 0 radical (unpaired) electrons. The molecule has 0 unspecified atom stereocenters. The van der Waals surface area contributed by atoms with E-state index in [2.05, 4.69) is 35.8 Å². The second-order valence-corrected chi connectivity index (χ2v) is 6.55. The van der Waals surface area contributed by atoms with Gasteiger partial charge in [0, 0.05) is 4.47 Å².